The number of halogens is 2. The second-order valence-corrected chi connectivity index (χ2v) is 10.4. The molecule has 3 nitrogen and oxygen atoms in total. The molecular formula is C30H23Cl2NO2. The summed E-state index contributed by atoms with van der Waals surface area (Å²) >= 11 is 12.6. The number of rotatable bonds is 3. The van der Waals surface area contributed by atoms with Gasteiger partial charge < -0.3 is 0 Å². The molecule has 1 saturated carbocycles. The van der Waals surface area contributed by atoms with Crippen LogP contribution in [-0.4, -0.2) is 11.8 Å². The number of anilines is 1. The zero-order chi connectivity index (χ0) is 24.4. The van der Waals surface area contributed by atoms with E-state index in [2.05, 4.69) is 74.5 Å². The van der Waals surface area contributed by atoms with Gasteiger partial charge in [-0.1, -0.05) is 101 Å². The monoisotopic (exact) mass is 499 g/mol. The summed E-state index contributed by atoms with van der Waals surface area (Å²) in [7, 11) is 0. The fourth-order valence-corrected chi connectivity index (χ4v) is 6.32. The topological polar surface area (TPSA) is 37.4 Å². The summed E-state index contributed by atoms with van der Waals surface area (Å²) in [4.78, 5) is 28.7. The molecular weight excluding hydrogens is 477 g/mol. The van der Waals surface area contributed by atoms with Crippen LogP contribution in [0, 0.1) is 37.5 Å². The molecule has 0 aromatic heterocycles. The number of hydrogen-bond acceptors (Lipinski definition) is 2. The van der Waals surface area contributed by atoms with Gasteiger partial charge in [-0.25, -0.2) is 4.90 Å². The van der Waals surface area contributed by atoms with Crippen LogP contribution in [0.4, 0.5) is 5.69 Å². The molecule has 2 amide bonds. The quantitative estimate of drug-likeness (QED) is 0.286. The van der Waals surface area contributed by atoms with E-state index in [1.807, 2.05) is 0 Å². The lowest BCUT2D eigenvalue weighted by molar-refractivity contribution is -0.122. The van der Waals surface area contributed by atoms with E-state index < -0.39 is 11.8 Å². The van der Waals surface area contributed by atoms with Gasteiger partial charge in [0.2, 0.25) is 11.8 Å². The van der Waals surface area contributed by atoms with Crippen LogP contribution in [0.2, 0.25) is 10.0 Å². The average Bonchev–Trinajstić information content (AvgIpc) is 3.48. The summed E-state index contributed by atoms with van der Waals surface area (Å²) < 4.78 is 0. The SMILES string of the molecule is Cc1ccc(C(=C2[C@H]3C=C[C@H]2[C@H]2C(=O)N(c4cccc(Cl)c4Cl)C(=O)[C@@H]23)c2ccc(C)cc2)cc1. The zero-order valence-corrected chi connectivity index (χ0v) is 20.8. The molecule has 0 N–H and O–H groups in total. The van der Waals surface area contributed by atoms with Crippen molar-refractivity contribution in [3.05, 3.63) is 117 Å². The second kappa shape index (κ2) is 8.22. The van der Waals surface area contributed by atoms with Gasteiger partial charge >= 0.3 is 0 Å². The summed E-state index contributed by atoms with van der Waals surface area (Å²) in [6, 6.07) is 22.0. The highest BCUT2D eigenvalue weighted by molar-refractivity contribution is 6.45. The Labute approximate surface area is 214 Å². The Morgan fingerprint density at radius 1 is 0.714 bits per heavy atom. The van der Waals surface area contributed by atoms with Crippen molar-refractivity contribution in [1.29, 1.82) is 0 Å². The maximum absolute atomic E-state index is 13.7. The number of imide groups is 1. The van der Waals surface area contributed by atoms with Gasteiger partial charge in [0, 0.05) is 11.8 Å². The number of amides is 2. The molecule has 2 fully saturated rings. The first-order valence-electron chi connectivity index (χ1n) is 11.7. The predicted molar refractivity (Wildman–Crippen MR) is 140 cm³/mol. The number of hydrogen-bond donors (Lipinski definition) is 0. The van der Waals surface area contributed by atoms with Crippen LogP contribution in [-0.2, 0) is 9.59 Å². The minimum absolute atomic E-state index is 0.137. The van der Waals surface area contributed by atoms with E-state index in [-0.39, 0.29) is 28.7 Å². The second-order valence-electron chi connectivity index (χ2n) is 9.64. The van der Waals surface area contributed by atoms with Crippen LogP contribution in [0.3, 0.4) is 0 Å². The highest BCUT2D eigenvalue weighted by atomic mass is 35.5. The molecule has 0 radical (unpaired) electrons. The molecule has 3 aromatic rings. The number of benzene rings is 3. The lowest BCUT2D eigenvalue weighted by atomic mass is 9.85. The van der Waals surface area contributed by atoms with E-state index in [0.29, 0.717) is 10.7 Å². The van der Waals surface area contributed by atoms with Gasteiger partial charge in [0.05, 0.1) is 27.6 Å². The van der Waals surface area contributed by atoms with Crippen LogP contribution in [0.1, 0.15) is 22.3 Å². The van der Waals surface area contributed by atoms with Gasteiger partial charge in [-0.15, -0.1) is 0 Å². The third-order valence-corrected chi connectivity index (χ3v) is 8.37. The Hall–Kier alpha value is -3.14. The van der Waals surface area contributed by atoms with Gasteiger partial charge in [-0.3, -0.25) is 9.59 Å². The fraction of sp³-hybridized carbons (Fsp3) is 0.200. The maximum Gasteiger partial charge on any atom is 0.238 e. The molecule has 2 bridgehead atoms. The molecule has 3 aromatic carbocycles. The predicted octanol–water partition coefficient (Wildman–Crippen LogP) is 7.03. The van der Waals surface area contributed by atoms with Gasteiger partial charge in [-0.05, 0) is 48.3 Å². The maximum atomic E-state index is 13.7. The molecule has 35 heavy (non-hydrogen) atoms. The van der Waals surface area contributed by atoms with Crippen LogP contribution < -0.4 is 4.90 Å². The minimum Gasteiger partial charge on any atom is -0.274 e. The number of allylic oxidation sites excluding steroid dienone is 3. The van der Waals surface area contributed by atoms with E-state index in [4.69, 9.17) is 23.2 Å². The lowest BCUT2D eigenvalue weighted by Gasteiger charge is -2.22. The number of carbonyl (C=O) groups excluding carboxylic acids is 2. The third kappa shape index (κ3) is 3.33. The Kier molecular flexibility index (Phi) is 5.24. The van der Waals surface area contributed by atoms with Crippen molar-refractivity contribution in [2.24, 2.45) is 23.7 Å². The van der Waals surface area contributed by atoms with Crippen molar-refractivity contribution < 1.29 is 9.59 Å². The summed E-state index contributed by atoms with van der Waals surface area (Å²) in [5.41, 5.74) is 7.21. The highest BCUT2D eigenvalue weighted by Gasteiger charge is 2.62. The molecule has 5 heteroatoms. The van der Waals surface area contributed by atoms with Crippen molar-refractivity contribution in [2.45, 2.75) is 13.8 Å². The van der Waals surface area contributed by atoms with Crippen LogP contribution in [0.25, 0.3) is 5.57 Å². The van der Waals surface area contributed by atoms with E-state index in [9.17, 15) is 9.59 Å². The molecule has 3 aliphatic rings. The van der Waals surface area contributed by atoms with Gasteiger partial charge in [0.1, 0.15) is 0 Å². The molecule has 1 saturated heterocycles. The molecule has 174 valence electrons. The first-order valence-corrected chi connectivity index (χ1v) is 12.5. The van der Waals surface area contributed by atoms with Gasteiger partial charge in [0.15, 0.2) is 0 Å². The molecule has 2 aliphatic carbocycles. The Morgan fingerprint density at radius 2 is 1.20 bits per heavy atom. The normalized spacial score (nSPS) is 24.5. The Bertz CT molecular complexity index is 1350. The van der Waals surface area contributed by atoms with Crippen molar-refractivity contribution in [2.75, 3.05) is 4.90 Å². The molecule has 4 atom stereocenters. The summed E-state index contributed by atoms with van der Waals surface area (Å²) in [5.74, 6) is -1.55. The van der Waals surface area contributed by atoms with Gasteiger partial charge in [-0.2, -0.15) is 0 Å². The largest absolute Gasteiger partial charge is 0.274 e. The van der Waals surface area contributed by atoms with Crippen LogP contribution >= 0.6 is 23.2 Å². The van der Waals surface area contributed by atoms with Crippen molar-refractivity contribution >= 4 is 46.3 Å². The smallest absolute Gasteiger partial charge is 0.238 e. The van der Waals surface area contributed by atoms with Crippen molar-refractivity contribution in [1.82, 2.24) is 0 Å². The standard InChI is InChI=1S/C30H23Cl2NO2/c1-16-6-10-18(11-7-16)24(19-12-8-17(2)9-13-19)25-20-14-15-21(25)27-26(20)29(34)33(30(27)35)23-5-3-4-22(31)28(23)32/h3-15,20-21,26-27H,1-2H3/t20-,21-,26-,27-/m1/s1. The average molecular weight is 500 g/mol. The van der Waals surface area contributed by atoms with Crippen LogP contribution in [0.15, 0.2) is 84.5 Å². The number of aryl methyl sites for hydroxylation is 2. The summed E-state index contributed by atoms with van der Waals surface area (Å²) in [5, 5.41) is 0.552. The van der Waals surface area contributed by atoms with E-state index >= 15 is 0 Å². The highest BCUT2D eigenvalue weighted by Crippen LogP contribution is 2.59. The van der Waals surface area contributed by atoms with E-state index in [1.165, 1.54) is 16.0 Å². The Morgan fingerprint density at radius 3 is 1.69 bits per heavy atom. The fourth-order valence-electron chi connectivity index (χ4n) is 5.94. The molecule has 6 rings (SSSR count). The first kappa shape index (κ1) is 22.3. The minimum atomic E-state index is -0.437. The zero-order valence-electron chi connectivity index (χ0n) is 19.3. The molecule has 1 aliphatic heterocycles. The summed E-state index contributed by atoms with van der Waals surface area (Å²) in [6.45, 7) is 4.14. The molecule has 0 unspecified atom stereocenters. The number of carbonyl (C=O) groups is 2. The van der Waals surface area contributed by atoms with Crippen molar-refractivity contribution in [3.8, 4) is 0 Å². The summed E-state index contributed by atoms with van der Waals surface area (Å²) in [6.07, 6.45) is 4.22. The van der Waals surface area contributed by atoms with E-state index in [1.54, 1.807) is 18.2 Å². The molecule has 1 heterocycles. The van der Waals surface area contributed by atoms with Crippen LogP contribution in [0.5, 0.6) is 0 Å². The molecule has 0 spiro atoms. The third-order valence-electron chi connectivity index (χ3n) is 7.56. The van der Waals surface area contributed by atoms with Crippen molar-refractivity contribution in [3.63, 3.8) is 0 Å². The Balaban J connectivity index is 1.50. The van der Waals surface area contributed by atoms with Gasteiger partial charge in [0.25, 0.3) is 0 Å². The first-order chi connectivity index (χ1) is 16.9. The number of fused-ring (bicyclic) bond motifs is 5. The number of nitrogens with zero attached hydrogens (tertiary/aromatic N) is 1. The lowest BCUT2D eigenvalue weighted by Crippen LogP contribution is -2.33. The van der Waals surface area contributed by atoms with E-state index in [0.717, 1.165) is 22.3 Å².